The van der Waals surface area contributed by atoms with Crippen LogP contribution >= 0.6 is 23.3 Å². The molecule has 2 heterocycles. The van der Waals surface area contributed by atoms with Gasteiger partial charge in [0.2, 0.25) is 10.3 Å². The third-order valence-electron chi connectivity index (χ3n) is 2.64. The lowest BCUT2D eigenvalue weighted by molar-refractivity contribution is 0.102. The second-order valence-corrected chi connectivity index (χ2v) is 5.31. The van der Waals surface area contributed by atoms with Crippen LogP contribution in [0.15, 0.2) is 35.6 Å². The third-order valence-corrected chi connectivity index (χ3v) is 3.94. The van der Waals surface area contributed by atoms with Gasteiger partial charge in [-0.3, -0.25) is 10.1 Å². The van der Waals surface area contributed by atoms with E-state index in [4.69, 9.17) is 0 Å². The number of rotatable bonds is 3. The van der Waals surface area contributed by atoms with E-state index < -0.39 is 0 Å². The molecule has 0 bridgehead atoms. The van der Waals surface area contributed by atoms with Crippen molar-refractivity contribution in [1.29, 1.82) is 0 Å². The average Bonchev–Trinajstić information content (AvgIpc) is 3.05. The first kappa shape index (κ1) is 12.2. The molecule has 1 amide bonds. The Kier molecular flexibility index (Phi) is 3.22. The zero-order valence-electron chi connectivity index (χ0n) is 10.0. The van der Waals surface area contributed by atoms with Gasteiger partial charge in [-0.2, -0.15) is 9.36 Å². The highest BCUT2D eigenvalue weighted by atomic mass is 32.2. The number of aromatic nitrogens is 3. The van der Waals surface area contributed by atoms with E-state index in [-0.39, 0.29) is 5.91 Å². The summed E-state index contributed by atoms with van der Waals surface area (Å²) >= 11 is 2.63. The van der Waals surface area contributed by atoms with Crippen molar-refractivity contribution >= 4 is 45.2 Å². The Labute approximate surface area is 117 Å². The van der Waals surface area contributed by atoms with Gasteiger partial charge in [0, 0.05) is 23.1 Å². The molecule has 2 N–H and O–H groups in total. The minimum Gasteiger partial charge on any atom is -0.361 e. The molecule has 5 nitrogen and oxygen atoms in total. The van der Waals surface area contributed by atoms with E-state index in [0.29, 0.717) is 15.9 Å². The average molecular weight is 290 g/mol. The number of anilines is 1. The number of nitrogens with zero attached hydrogens (tertiary/aromatic N) is 2. The van der Waals surface area contributed by atoms with Crippen molar-refractivity contribution in [3.8, 4) is 0 Å². The maximum Gasteiger partial charge on any atom is 0.259 e. The first-order valence-electron chi connectivity index (χ1n) is 5.53. The quantitative estimate of drug-likeness (QED) is 0.727. The number of nitrogens with one attached hydrogen (secondary N) is 2. The molecular weight excluding hydrogens is 280 g/mol. The monoisotopic (exact) mass is 290 g/mol. The predicted molar refractivity (Wildman–Crippen MR) is 77.9 cm³/mol. The Morgan fingerprint density at radius 3 is 3.11 bits per heavy atom. The molecule has 0 spiro atoms. The summed E-state index contributed by atoms with van der Waals surface area (Å²) in [6.45, 7) is 0. The van der Waals surface area contributed by atoms with Gasteiger partial charge in [-0.1, -0.05) is 23.9 Å². The van der Waals surface area contributed by atoms with Crippen molar-refractivity contribution in [2.75, 3.05) is 11.6 Å². The van der Waals surface area contributed by atoms with Crippen LogP contribution in [0.3, 0.4) is 0 Å². The highest BCUT2D eigenvalue weighted by Crippen LogP contribution is 2.21. The molecule has 19 heavy (non-hydrogen) atoms. The topological polar surface area (TPSA) is 70.7 Å². The highest BCUT2D eigenvalue weighted by molar-refractivity contribution is 7.98. The predicted octanol–water partition coefficient (Wildman–Crippen LogP) is 2.99. The summed E-state index contributed by atoms with van der Waals surface area (Å²) in [6, 6.07) is 7.53. The number of amides is 1. The zero-order valence-corrected chi connectivity index (χ0v) is 11.6. The second kappa shape index (κ2) is 5.02. The highest BCUT2D eigenvalue weighted by Gasteiger charge is 2.13. The van der Waals surface area contributed by atoms with Crippen molar-refractivity contribution in [2.45, 2.75) is 5.16 Å². The summed E-state index contributed by atoms with van der Waals surface area (Å²) in [4.78, 5) is 19.5. The van der Waals surface area contributed by atoms with E-state index in [1.54, 1.807) is 6.07 Å². The van der Waals surface area contributed by atoms with E-state index in [9.17, 15) is 4.79 Å². The van der Waals surface area contributed by atoms with E-state index in [2.05, 4.69) is 19.7 Å². The van der Waals surface area contributed by atoms with Crippen LogP contribution in [0.5, 0.6) is 0 Å². The van der Waals surface area contributed by atoms with Crippen molar-refractivity contribution in [1.82, 2.24) is 14.3 Å². The van der Waals surface area contributed by atoms with Gasteiger partial charge < -0.3 is 4.98 Å². The van der Waals surface area contributed by atoms with Crippen LogP contribution in [0.25, 0.3) is 10.9 Å². The lowest BCUT2D eigenvalue weighted by Crippen LogP contribution is -2.12. The minimum atomic E-state index is -0.183. The lowest BCUT2D eigenvalue weighted by atomic mass is 10.1. The first-order chi connectivity index (χ1) is 9.28. The largest absolute Gasteiger partial charge is 0.361 e. The summed E-state index contributed by atoms with van der Waals surface area (Å²) in [5.41, 5.74) is 1.43. The molecule has 1 aromatic carbocycles. The van der Waals surface area contributed by atoms with Crippen LogP contribution in [0.1, 0.15) is 10.4 Å². The van der Waals surface area contributed by atoms with Gasteiger partial charge >= 0.3 is 0 Å². The maximum atomic E-state index is 12.2. The Morgan fingerprint density at radius 2 is 2.32 bits per heavy atom. The molecule has 96 valence electrons. The molecule has 0 fully saturated rings. The summed E-state index contributed by atoms with van der Waals surface area (Å²) in [7, 11) is 0. The van der Waals surface area contributed by atoms with Gasteiger partial charge in [-0.05, 0) is 18.4 Å². The van der Waals surface area contributed by atoms with Crippen LogP contribution in [0.4, 0.5) is 5.13 Å². The number of fused-ring (bicyclic) bond motifs is 1. The normalized spacial score (nSPS) is 10.8. The molecule has 0 aliphatic heterocycles. The number of para-hydroxylation sites is 1. The number of H-pyrrole nitrogens is 1. The standard InChI is InChI=1S/C12H10N4OS2/c1-18-12-15-11(19-16-12)14-10(17)8-4-2-3-7-5-6-13-9(7)8/h2-6,13H,1H3,(H,14,15,16,17). The molecule has 7 heteroatoms. The number of thioether (sulfide) groups is 1. The molecule has 0 aliphatic rings. The fraction of sp³-hybridized carbons (Fsp3) is 0.0833. The fourth-order valence-corrected chi connectivity index (χ4v) is 2.90. The van der Waals surface area contributed by atoms with Crippen molar-refractivity contribution < 1.29 is 4.79 Å². The van der Waals surface area contributed by atoms with E-state index in [1.165, 1.54) is 23.3 Å². The summed E-state index contributed by atoms with van der Waals surface area (Å²) in [5, 5.41) is 4.95. The minimum absolute atomic E-state index is 0.183. The number of carbonyl (C=O) groups is 1. The summed E-state index contributed by atoms with van der Waals surface area (Å²) < 4.78 is 4.10. The van der Waals surface area contributed by atoms with E-state index in [0.717, 1.165) is 10.9 Å². The smallest absolute Gasteiger partial charge is 0.259 e. The first-order valence-corrected chi connectivity index (χ1v) is 7.53. The van der Waals surface area contributed by atoms with Gasteiger partial charge in [0.05, 0.1) is 11.1 Å². The summed E-state index contributed by atoms with van der Waals surface area (Å²) in [6.07, 6.45) is 3.71. The van der Waals surface area contributed by atoms with Crippen molar-refractivity contribution in [2.24, 2.45) is 0 Å². The molecule has 3 aromatic rings. The van der Waals surface area contributed by atoms with Crippen molar-refractivity contribution in [3.63, 3.8) is 0 Å². The molecule has 0 saturated carbocycles. The van der Waals surface area contributed by atoms with E-state index in [1.807, 2.05) is 30.7 Å². The number of aromatic amines is 1. The Hall–Kier alpha value is -1.86. The fourth-order valence-electron chi connectivity index (χ4n) is 1.78. The van der Waals surface area contributed by atoms with Crippen LogP contribution in [-0.2, 0) is 0 Å². The number of hydrogen-bond donors (Lipinski definition) is 2. The van der Waals surface area contributed by atoms with Gasteiger partial charge in [0.25, 0.3) is 5.91 Å². The van der Waals surface area contributed by atoms with Crippen LogP contribution in [0, 0.1) is 0 Å². The molecule has 0 saturated heterocycles. The SMILES string of the molecule is CSc1nsc(NC(=O)c2cccc3cc[nH]c23)n1. The van der Waals surface area contributed by atoms with E-state index >= 15 is 0 Å². The summed E-state index contributed by atoms with van der Waals surface area (Å²) in [5.74, 6) is -0.183. The maximum absolute atomic E-state index is 12.2. The van der Waals surface area contributed by atoms with Gasteiger partial charge in [-0.15, -0.1) is 0 Å². The van der Waals surface area contributed by atoms with Crippen molar-refractivity contribution in [3.05, 3.63) is 36.0 Å². The van der Waals surface area contributed by atoms with Gasteiger partial charge in [0.15, 0.2) is 0 Å². The number of benzene rings is 1. The lowest BCUT2D eigenvalue weighted by Gasteiger charge is -2.02. The molecular formula is C12H10N4OS2. The molecule has 3 rings (SSSR count). The van der Waals surface area contributed by atoms with Crippen LogP contribution in [0.2, 0.25) is 0 Å². The Morgan fingerprint density at radius 1 is 1.42 bits per heavy atom. The molecule has 0 atom stereocenters. The number of hydrogen-bond acceptors (Lipinski definition) is 5. The van der Waals surface area contributed by atoms with Crippen LogP contribution in [-0.4, -0.2) is 26.5 Å². The third kappa shape index (κ3) is 2.34. The molecule has 2 aromatic heterocycles. The molecule has 0 unspecified atom stereocenters. The van der Waals surface area contributed by atoms with Crippen LogP contribution < -0.4 is 5.32 Å². The van der Waals surface area contributed by atoms with Gasteiger partial charge in [0.1, 0.15) is 0 Å². The zero-order chi connectivity index (χ0) is 13.2. The molecule has 0 radical (unpaired) electrons. The molecule has 0 aliphatic carbocycles. The van der Waals surface area contributed by atoms with Gasteiger partial charge in [-0.25, -0.2) is 0 Å². The Bertz CT molecular complexity index is 734. The second-order valence-electron chi connectivity index (χ2n) is 3.79. The number of carbonyl (C=O) groups excluding carboxylic acids is 1. The Balaban J connectivity index is 1.89.